The summed E-state index contributed by atoms with van der Waals surface area (Å²) in [6.45, 7) is 2.34. The van der Waals surface area contributed by atoms with E-state index >= 15 is 0 Å². The second kappa shape index (κ2) is 7.90. The molecule has 2 aromatic rings. The summed E-state index contributed by atoms with van der Waals surface area (Å²) in [5.41, 5.74) is 6.93. The van der Waals surface area contributed by atoms with Gasteiger partial charge in [-0.15, -0.1) is 21.6 Å². The lowest BCUT2D eigenvalue weighted by molar-refractivity contribution is 0.0601. The fourth-order valence-electron chi connectivity index (χ4n) is 5.06. The van der Waals surface area contributed by atoms with Crippen LogP contribution in [0.2, 0.25) is 0 Å². The van der Waals surface area contributed by atoms with Gasteiger partial charge in [-0.25, -0.2) is 4.79 Å². The minimum Gasteiger partial charge on any atom is -0.465 e. The molecule has 0 saturated carbocycles. The van der Waals surface area contributed by atoms with Crippen LogP contribution in [0.3, 0.4) is 0 Å². The Kier molecular flexibility index (Phi) is 5.12. The third-order valence-corrected chi connectivity index (χ3v) is 7.54. The number of nitrogens with zero attached hydrogens (tertiary/aromatic N) is 3. The minimum atomic E-state index is -0.283. The number of thiophene rings is 1. The SMILES string of the molecule is COC(=O)c1c(N=Nc2cc3c4c(c2)CCCN4CCC3)sc2c1CCCCC2. The second-order valence-corrected chi connectivity index (χ2v) is 9.33. The Morgan fingerprint density at radius 2 is 1.69 bits per heavy atom. The average Bonchev–Trinajstić information content (AvgIpc) is 2.93. The molecule has 0 radical (unpaired) electrons. The Labute approximate surface area is 175 Å². The Hall–Kier alpha value is -2.21. The first-order chi connectivity index (χ1) is 14.2. The highest BCUT2D eigenvalue weighted by molar-refractivity contribution is 7.16. The molecule has 3 heterocycles. The Balaban J connectivity index is 1.51. The molecule has 0 bridgehead atoms. The summed E-state index contributed by atoms with van der Waals surface area (Å²) < 4.78 is 5.09. The molecule has 0 amide bonds. The summed E-state index contributed by atoms with van der Waals surface area (Å²) in [5, 5.41) is 9.87. The van der Waals surface area contributed by atoms with Crippen molar-refractivity contribution >= 4 is 33.7 Å². The van der Waals surface area contributed by atoms with E-state index in [1.165, 1.54) is 67.6 Å². The number of hydrogen-bond acceptors (Lipinski definition) is 6. The third-order valence-electron chi connectivity index (χ3n) is 6.37. The summed E-state index contributed by atoms with van der Waals surface area (Å²) >= 11 is 1.62. The third kappa shape index (κ3) is 3.48. The van der Waals surface area contributed by atoms with E-state index in [9.17, 15) is 4.79 Å². The number of methoxy groups -OCH3 is 1. The first-order valence-corrected chi connectivity index (χ1v) is 11.6. The second-order valence-electron chi connectivity index (χ2n) is 8.24. The van der Waals surface area contributed by atoms with Crippen LogP contribution < -0.4 is 4.90 Å². The molecule has 0 spiro atoms. The van der Waals surface area contributed by atoms with Crippen LogP contribution in [-0.4, -0.2) is 26.2 Å². The number of anilines is 1. The van der Waals surface area contributed by atoms with Crippen LogP contribution in [0.4, 0.5) is 16.4 Å². The molecule has 1 aliphatic carbocycles. The summed E-state index contributed by atoms with van der Waals surface area (Å²) in [7, 11) is 1.45. The van der Waals surface area contributed by atoms with Crippen LogP contribution in [0.25, 0.3) is 0 Å². The molecule has 1 aromatic carbocycles. The van der Waals surface area contributed by atoms with Gasteiger partial charge in [-0.2, -0.15) is 0 Å². The maximum absolute atomic E-state index is 12.5. The molecule has 152 valence electrons. The van der Waals surface area contributed by atoms with E-state index in [2.05, 4.69) is 27.3 Å². The molecule has 0 saturated heterocycles. The number of azo groups is 1. The van der Waals surface area contributed by atoms with E-state index in [-0.39, 0.29) is 5.97 Å². The fourth-order valence-corrected chi connectivity index (χ4v) is 6.25. The van der Waals surface area contributed by atoms with Crippen molar-refractivity contribution in [2.45, 2.75) is 57.8 Å². The smallest absolute Gasteiger partial charge is 0.341 e. The van der Waals surface area contributed by atoms with Crippen LogP contribution >= 0.6 is 11.3 Å². The largest absolute Gasteiger partial charge is 0.465 e. The molecular formula is C23H27N3O2S. The molecule has 6 heteroatoms. The van der Waals surface area contributed by atoms with Gasteiger partial charge >= 0.3 is 5.97 Å². The van der Waals surface area contributed by atoms with Gasteiger partial charge in [0.25, 0.3) is 0 Å². The quantitative estimate of drug-likeness (QED) is 0.359. The molecule has 0 fully saturated rings. The van der Waals surface area contributed by atoms with E-state index in [4.69, 9.17) is 4.74 Å². The summed E-state index contributed by atoms with van der Waals surface area (Å²) in [5.74, 6) is -0.283. The Bertz CT molecular complexity index is 948. The minimum absolute atomic E-state index is 0.283. The zero-order valence-electron chi connectivity index (χ0n) is 17.0. The molecular weight excluding hydrogens is 382 g/mol. The first kappa shape index (κ1) is 18.8. The average molecular weight is 410 g/mol. The highest BCUT2D eigenvalue weighted by Crippen LogP contribution is 2.42. The topological polar surface area (TPSA) is 54.3 Å². The van der Waals surface area contributed by atoms with Crippen LogP contribution in [0.15, 0.2) is 22.4 Å². The number of carbonyl (C=O) groups is 1. The highest BCUT2D eigenvalue weighted by Gasteiger charge is 2.26. The van der Waals surface area contributed by atoms with Gasteiger partial charge in [0.15, 0.2) is 5.00 Å². The van der Waals surface area contributed by atoms with E-state index < -0.39 is 0 Å². The van der Waals surface area contributed by atoms with Gasteiger partial charge in [-0.3, -0.25) is 0 Å². The number of ether oxygens (including phenoxy) is 1. The van der Waals surface area contributed by atoms with Gasteiger partial charge in [-0.1, -0.05) is 6.42 Å². The lowest BCUT2D eigenvalue weighted by Crippen LogP contribution is -2.34. The van der Waals surface area contributed by atoms with Crippen molar-refractivity contribution in [3.05, 3.63) is 39.3 Å². The number of hydrogen-bond donors (Lipinski definition) is 0. The van der Waals surface area contributed by atoms with E-state index in [1.807, 2.05) is 0 Å². The highest BCUT2D eigenvalue weighted by atomic mass is 32.1. The summed E-state index contributed by atoms with van der Waals surface area (Å²) in [6.07, 6.45) is 10.1. The van der Waals surface area contributed by atoms with Crippen molar-refractivity contribution in [1.29, 1.82) is 0 Å². The lowest BCUT2D eigenvalue weighted by atomic mass is 9.91. The molecule has 2 aliphatic heterocycles. The normalized spacial score (nSPS) is 18.3. The van der Waals surface area contributed by atoms with Gasteiger partial charge in [0.1, 0.15) is 5.56 Å². The molecule has 5 nitrogen and oxygen atoms in total. The van der Waals surface area contributed by atoms with Crippen LogP contribution in [-0.2, 0) is 30.4 Å². The monoisotopic (exact) mass is 409 g/mol. The number of benzene rings is 1. The van der Waals surface area contributed by atoms with E-state index in [0.717, 1.165) is 43.4 Å². The predicted octanol–water partition coefficient (Wildman–Crippen LogP) is 5.92. The first-order valence-electron chi connectivity index (χ1n) is 10.8. The molecule has 0 unspecified atom stereocenters. The Morgan fingerprint density at radius 3 is 2.41 bits per heavy atom. The van der Waals surface area contributed by atoms with Crippen molar-refractivity contribution in [1.82, 2.24) is 0 Å². The van der Waals surface area contributed by atoms with E-state index in [1.54, 1.807) is 11.3 Å². The van der Waals surface area contributed by atoms with Crippen LogP contribution in [0.5, 0.6) is 0 Å². The van der Waals surface area contributed by atoms with Gasteiger partial charge in [0.05, 0.1) is 12.8 Å². The maximum Gasteiger partial charge on any atom is 0.341 e. The molecule has 5 rings (SSSR count). The summed E-state index contributed by atoms with van der Waals surface area (Å²) in [6, 6.07) is 4.38. The molecule has 0 atom stereocenters. The standard InChI is InChI=1S/C23H27N3O2S/c1-28-23(27)20-18-9-3-2-4-10-19(18)29-22(20)25-24-17-13-15-7-5-11-26-12-6-8-16(14-17)21(15)26/h13-14H,2-12H2,1H3. The number of aryl methyl sites for hydroxylation is 3. The number of carbonyl (C=O) groups excluding carboxylic acids is 1. The van der Waals surface area contributed by atoms with Crippen molar-refractivity contribution in [2.75, 3.05) is 25.1 Å². The zero-order chi connectivity index (χ0) is 19.8. The fraction of sp³-hybridized carbons (Fsp3) is 0.522. The summed E-state index contributed by atoms with van der Waals surface area (Å²) in [4.78, 5) is 16.3. The number of fused-ring (bicyclic) bond motifs is 1. The van der Waals surface area contributed by atoms with Crippen LogP contribution in [0, 0.1) is 0 Å². The number of rotatable bonds is 3. The number of esters is 1. The van der Waals surface area contributed by atoms with Crippen molar-refractivity contribution in [2.24, 2.45) is 10.2 Å². The van der Waals surface area contributed by atoms with Gasteiger partial charge in [-0.05, 0) is 80.2 Å². The molecule has 1 aromatic heterocycles. The van der Waals surface area contributed by atoms with Gasteiger partial charge < -0.3 is 9.64 Å². The van der Waals surface area contributed by atoms with Crippen molar-refractivity contribution in [3.8, 4) is 0 Å². The van der Waals surface area contributed by atoms with Gasteiger partial charge in [0.2, 0.25) is 0 Å². The Morgan fingerprint density at radius 1 is 0.966 bits per heavy atom. The molecule has 3 aliphatic rings. The van der Waals surface area contributed by atoms with Crippen molar-refractivity contribution < 1.29 is 9.53 Å². The lowest BCUT2D eigenvalue weighted by Gasteiger charge is -2.36. The zero-order valence-corrected chi connectivity index (χ0v) is 17.8. The molecule has 0 N–H and O–H groups in total. The van der Waals surface area contributed by atoms with Gasteiger partial charge in [0, 0.05) is 23.7 Å². The maximum atomic E-state index is 12.5. The van der Waals surface area contributed by atoms with Crippen molar-refractivity contribution in [3.63, 3.8) is 0 Å². The van der Waals surface area contributed by atoms with Crippen LogP contribution in [0.1, 0.15) is 64.0 Å². The molecule has 29 heavy (non-hydrogen) atoms. The van der Waals surface area contributed by atoms with E-state index in [0.29, 0.717) is 10.6 Å². The predicted molar refractivity (Wildman–Crippen MR) is 116 cm³/mol.